The second-order valence-corrected chi connectivity index (χ2v) is 4.63. The van der Waals surface area contributed by atoms with Crippen molar-refractivity contribution in [2.45, 2.75) is 41.0 Å². The first-order chi connectivity index (χ1) is 8.56. The number of aryl methyl sites for hydroxylation is 3. The summed E-state index contributed by atoms with van der Waals surface area (Å²) < 4.78 is 0. The summed E-state index contributed by atoms with van der Waals surface area (Å²) >= 11 is 0. The molecular formula is C17H23N. The first-order valence-electron chi connectivity index (χ1n) is 6.49. The van der Waals surface area contributed by atoms with Crippen molar-refractivity contribution in [3.8, 4) is 0 Å². The molecule has 2 aromatic rings. The molecule has 0 aliphatic heterocycles. The Morgan fingerprint density at radius 2 is 1.50 bits per heavy atom. The van der Waals surface area contributed by atoms with Gasteiger partial charge in [0.25, 0.3) is 0 Å². The van der Waals surface area contributed by atoms with Crippen LogP contribution >= 0.6 is 0 Å². The molecule has 0 unspecified atom stereocenters. The van der Waals surface area contributed by atoms with Gasteiger partial charge < -0.3 is 0 Å². The first kappa shape index (κ1) is 14.4. The van der Waals surface area contributed by atoms with Crippen LogP contribution in [0.5, 0.6) is 0 Å². The van der Waals surface area contributed by atoms with E-state index in [4.69, 9.17) is 0 Å². The zero-order valence-electron chi connectivity index (χ0n) is 12.1. The second-order valence-electron chi connectivity index (χ2n) is 4.63. The lowest BCUT2D eigenvalue weighted by Crippen LogP contribution is -1.95. The average molecular weight is 241 g/mol. The molecule has 96 valence electrons. The van der Waals surface area contributed by atoms with Gasteiger partial charge in [-0.25, -0.2) is 0 Å². The number of hydrogen-bond acceptors (Lipinski definition) is 1. The number of hydrogen-bond donors (Lipinski definition) is 0. The van der Waals surface area contributed by atoms with E-state index < -0.39 is 0 Å². The largest absolute Gasteiger partial charge is 0.261 e. The van der Waals surface area contributed by atoms with Crippen LogP contribution in [0.1, 0.15) is 34.9 Å². The first-order valence-corrected chi connectivity index (χ1v) is 6.49. The van der Waals surface area contributed by atoms with Gasteiger partial charge in [0.1, 0.15) is 0 Å². The standard InChI is InChI=1S/C10H15N.C7H8/c1-5-10-6-11-9(4)7(2)8(10)3;1-7-5-3-2-4-6-7/h6H,5H2,1-4H3;2-6H,1H3. The number of rotatable bonds is 1. The Kier molecular flexibility index (Phi) is 5.57. The molecule has 0 saturated heterocycles. The molecule has 18 heavy (non-hydrogen) atoms. The number of nitrogens with zero attached hydrogens (tertiary/aromatic N) is 1. The molecule has 2 rings (SSSR count). The molecule has 0 N–H and O–H groups in total. The number of benzene rings is 1. The molecule has 0 amide bonds. The van der Waals surface area contributed by atoms with Crippen LogP contribution in [-0.4, -0.2) is 4.98 Å². The molecule has 1 heterocycles. The maximum Gasteiger partial charge on any atom is 0.0404 e. The van der Waals surface area contributed by atoms with E-state index in [2.05, 4.69) is 51.7 Å². The van der Waals surface area contributed by atoms with E-state index in [9.17, 15) is 0 Å². The third-order valence-corrected chi connectivity index (χ3v) is 3.32. The Balaban J connectivity index is 0.000000199. The minimum absolute atomic E-state index is 1.08. The average Bonchev–Trinajstić information content (AvgIpc) is 2.38. The predicted octanol–water partition coefficient (Wildman–Crippen LogP) is 4.56. The van der Waals surface area contributed by atoms with Gasteiger partial charge in [-0.3, -0.25) is 4.98 Å². The highest BCUT2D eigenvalue weighted by molar-refractivity contribution is 5.33. The van der Waals surface area contributed by atoms with Crippen LogP contribution in [0, 0.1) is 27.7 Å². The van der Waals surface area contributed by atoms with Crippen LogP contribution < -0.4 is 0 Å². The van der Waals surface area contributed by atoms with E-state index in [1.807, 2.05) is 24.4 Å². The summed E-state index contributed by atoms with van der Waals surface area (Å²) in [5.74, 6) is 0. The Morgan fingerprint density at radius 1 is 0.889 bits per heavy atom. The summed E-state index contributed by atoms with van der Waals surface area (Å²) in [5.41, 5.74) is 6.58. The van der Waals surface area contributed by atoms with Gasteiger partial charge in [0.2, 0.25) is 0 Å². The monoisotopic (exact) mass is 241 g/mol. The smallest absolute Gasteiger partial charge is 0.0404 e. The van der Waals surface area contributed by atoms with E-state index in [1.165, 1.54) is 22.3 Å². The minimum Gasteiger partial charge on any atom is -0.261 e. The number of aromatic nitrogens is 1. The van der Waals surface area contributed by atoms with Crippen molar-refractivity contribution in [1.82, 2.24) is 4.98 Å². The zero-order valence-corrected chi connectivity index (χ0v) is 12.1. The van der Waals surface area contributed by atoms with E-state index in [0.29, 0.717) is 0 Å². The number of pyridine rings is 1. The van der Waals surface area contributed by atoms with Crippen molar-refractivity contribution in [2.24, 2.45) is 0 Å². The van der Waals surface area contributed by atoms with Crippen LogP contribution in [0.3, 0.4) is 0 Å². The SMILES string of the molecule is CCc1cnc(C)c(C)c1C.Cc1ccccc1. The maximum absolute atomic E-state index is 4.31. The molecule has 0 fully saturated rings. The summed E-state index contributed by atoms with van der Waals surface area (Å²) in [7, 11) is 0. The van der Waals surface area contributed by atoms with Gasteiger partial charge in [-0.2, -0.15) is 0 Å². The Hall–Kier alpha value is -1.63. The van der Waals surface area contributed by atoms with Crippen LogP contribution in [0.15, 0.2) is 36.5 Å². The van der Waals surface area contributed by atoms with Crippen molar-refractivity contribution in [2.75, 3.05) is 0 Å². The minimum atomic E-state index is 1.08. The van der Waals surface area contributed by atoms with Crippen molar-refractivity contribution in [1.29, 1.82) is 0 Å². The molecule has 0 bridgehead atoms. The van der Waals surface area contributed by atoms with Crippen molar-refractivity contribution in [3.63, 3.8) is 0 Å². The molecule has 0 saturated carbocycles. The molecule has 0 radical (unpaired) electrons. The lowest BCUT2D eigenvalue weighted by Gasteiger charge is -2.07. The van der Waals surface area contributed by atoms with Gasteiger partial charge in [0.05, 0.1) is 0 Å². The topological polar surface area (TPSA) is 12.9 Å². The van der Waals surface area contributed by atoms with Gasteiger partial charge in [0.15, 0.2) is 0 Å². The highest BCUT2D eigenvalue weighted by Gasteiger charge is 2.01. The summed E-state index contributed by atoms with van der Waals surface area (Å²) in [6.07, 6.45) is 3.07. The van der Waals surface area contributed by atoms with Gasteiger partial charge in [0, 0.05) is 11.9 Å². The predicted molar refractivity (Wildman–Crippen MR) is 79.0 cm³/mol. The Bertz CT molecular complexity index is 486. The quantitative estimate of drug-likeness (QED) is 0.713. The van der Waals surface area contributed by atoms with Crippen LogP contribution in [0.2, 0.25) is 0 Å². The van der Waals surface area contributed by atoms with Gasteiger partial charge >= 0.3 is 0 Å². The lowest BCUT2D eigenvalue weighted by molar-refractivity contribution is 1.02. The zero-order chi connectivity index (χ0) is 13.5. The molecular weight excluding hydrogens is 218 g/mol. The summed E-state index contributed by atoms with van der Waals surface area (Å²) in [6, 6.07) is 10.3. The molecule has 0 spiro atoms. The van der Waals surface area contributed by atoms with Crippen molar-refractivity contribution < 1.29 is 0 Å². The van der Waals surface area contributed by atoms with Crippen LogP contribution in [-0.2, 0) is 6.42 Å². The fraction of sp³-hybridized carbons (Fsp3) is 0.353. The van der Waals surface area contributed by atoms with E-state index in [1.54, 1.807) is 0 Å². The van der Waals surface area contributed by atoms with Gasteiger partial charge in [-0.05, 0) is 50.8 Å². The fourth-order valence-electron chi connectivity index (χ4n) is 1.77. The maximum atomic E-state index is 4.31. The highest BCUT2D eigenvalue weighted by atomic mass is 14.7. The molecule has 0 atom stereocenters. The van der Waals surface area contributed by atoms with Crippen LogP contribution in [0.4, 0.5) is 0 Å². The second kappa shape index (κ2) is 6.95. The van der Waals surface area contributed by atoms with Crippen molar-refractivity contribution in [3.05, 3.63) is 64.5 Å². The van der Waals surface area contributed by atoms with E-state index in [-0.39, 0.29) is 0 Å². The molecule has 0 aliphatic carbocycles. The Labute approximate surface area is 111 Å². The molecule has 0 aliphatic rings. The van der Waals surface area contributed by atoms with Gasteiger partial charge in [-0.1, -0.05) is 42.8 Å². The summed E-state index contributed by atoms with van der Waals surface area (Å²) in [5, 5.41) is 0. The molecule has 1 nitrogen and oxygen atoms in total. The summed E-state index contributed by atoms with van der Waals surface area (Å²) in [4.78, 5) is 4.31. The van der Waals surface area contributed by atoms with E-state index in [0.717, 1.165) is 12.1 Å². The third kappa shape index (κ3) is 3.99. The van der Waals surface area contributed by atoms with Crippen LogP contribution in [0.25, 0.3) is 0 Å². The molecule has 1 aromatic heterocycles. The highest BCUT2D eigenvalue weighted by Crippen LogP contribution is 2.14. The van der Waals surface area contributed by atoms with Gasteiger partial charge in [-0.15, -0.1) is 0 Å². The Morgan fingerprint density at radius 3 is 1.94 bits per heavy atom. The van der Waals surface area contributed by atoms with Crippen molar-refractivity contribution >= 4 is 0 Å². The molecule has 1 aromatic carbocycles. The molecule has 1 heteroatoms. The summed E-state index contributed by atoms with van der Waals surface area (Å²) in [6.45, 7) is 10.6. The fourth-order valence-corrected chi connectivity index (χ4v) is 1.77. The third-order valence-electron chi connectivity index (χ3n) is 3.32. The van der Waals surface area contributed by atoms with E-state index >= 15 is 0 Å². The lowest BCUT2D eigenvalue weighted by atomic mass is 10.0. The normalized spacial score (nSPS) is 9.61.